The van der Waals surface area contributed by atoms with Gasteiger partial charge in [0, 0.05) is 6.54 Å². The summed E-state index contributed by atoms with van der Waals surface area (Å²) in [7, 11) is 0. The van der Waals surface area contributed by atoms with Crippen LogP contribution in [0.25, 0.3) is 10.2 Å². The Kier molecular flexibility index (Phi) is 4.64. The van der Waals surface area contributed by atoms with Crippen molar-refractivity contribution in [3.63, 3.8) is 0 Å². The van der Waals surface area contributed by atoms with Crippen molar-refractivity contribution in [2.75, 3.05) is 19.6 Å². The van der Waals surface area contributed by atoms with Crippen LogP contribution in [0.4, 0.5) is 4.39 Å². The van der Waals surface area contributed by atoms with E-state index in [4.69, 9.17) is 5.73 Å². The van der Waals surface area contributed by atoms with Gasteiger partial charge in [0.05, 0.1) is 16.8 Å². The van der Waals surface area contributed by atoms with Gasteiger partial charge in [0.2, 0.25) is 0 Å². The first-order valence-electron chi connectivity index (χ1n) is 6.55. The Hall–Kier alpha value is -0.750. The van der Waals surface area contributed by atoms with E-state index in [1.807, 2.05) is 0 Å². The zero-order valence-electron chi connectivity index (χ0n) is 11.4. The van der Waals surface area contributed by atoms with Crippen LogP contribution in [0.15, 0.2) is 18.2 Å². The predicted octanol–water partition coefficient (Wildman–Crippen LogP) is 3.03. The Morgan fingerprint density at radius 3 is 3.00 bits per heavy atom. The van der Waals surface area contributed by atoms with Crippen molar-refractivity contribution >= 4 is 34.0 Å². The predicted molar refractivity (Wildman–Crippen MR) is 83.9 cm³/mol. The maximum Gasteiger partial charge on any atom is 0.124 e. The fourth-order valence-corrected chi connectivity index (χ4v) is 3.67. The molecule has 1 unspecified atom stereocenters. The van der Waals surface area contributed by atoms with E-state index in [0.717, 1.165) is 47.8 Å². The van der Waals surface area contributed by atoms with Crippen LogP contribution in [-0.2, 0) is 6.54 Å². The van der Waals surface area contributed by atoms with Gasteiger partial charge in [-0.2, -0.15) is 0 Å². The molecule has 0 radical (unpaired) electrons. The van der Waals surface area contributed by atoms with Gasteiger partial charge in [0.15, 0.2) is 0 Å². The van der Waals surface area contributed by atoms with Gasteiger partial charge in [0.1, 0.15) is 10.8 Å². The Labute approximate surface area is 128 Å². The summed E-state index contributed by atoms with van der Waals surface area (Å²) in [6, 6.07) is 4.77. The summed E-state index contributed by atoms with van der Waals surface area (Å²) < 4.78 is 14.1. The third-order valence-electron chi connectivity index (χ3n) is 3.88. The van der Waals surface area contributed by atoms with Crippen molar-refractivity contribution in [2.24, 2.45) is 11.1 Å². The minimum absolute atomic E-state index is 0. The molecule has 1 aliphatic rings. The minimum Gasteiger partial charge on any atom is -0.330 e. The molecule has 2 N–H and O–H groups in total. The first kappa shape index (κ1) is 15.6. The van der Waals surface area contributed by atoms with E-state index in [0.29, 0.717) is 0 Å². The maximum absolute atomic E-state index is 13.2. The molecule has 2 heterocycles. The zero-order chi connectivity index (χ0) is 13.5. The maximum atomic E-state index is 13.2. The van der Waals surface area contributed by atoms with E-state index in [-0.39, 0.29) is 23.6 Å². The number of rotatable bonds is 3. The second-order valence-corrected chi connectivity index (χ2v) is 6.81. The lowest BCUT2D eigenvalue weighted by molar-refractivity contribution is 0.274. The van der Waals surface area contributed by atoms with Crippen LogP contribution < -0.4 is 5.73 Å². The number of fused-ring (bicyclic) bond motifs is 1. The lowest BCUT2D eigenvalue weighted by Gasteiger charge is -2.21. The first-order valence-corrected chi connectivity index (χ1v) is 7.37. The van der Waals surface area contributed by atoms with Gasteiger partial charge in [-0.1, -0.05) is 6.92 Å². The molecule has 3 rings (SSSR count). The average Bonchev–Trinajstić information content (AvgIpc) is 2.93. The largest absolute Gasteiger partial charge is 0.330 e. The molecule has 2 aromatic rings. The van der Waals surface area contributed by atoms with Crippen molar-refractivity contribution in [3.05, 3.63) is 29.0 Å². The number of benzene rings is 1. The number of aromatic nitrogens is 1. The standard InChI is InChI=1S/C14H18FN3S.ClH/c1-14(8-16)4-5-18(9-14)7-13-17-11-3-2-10(15)6-12(11)19-13;/h2-3,6H,4-5,7-9,16H2,1H3;1H. The van der Waals surface area contributed by atoms with Crippen LogP contribution in [0, 0.1) is 11.2 Å². The Bertz CT molecular complexity index is 603. The summed E-state index contributed by atoms with van der Waals surface area (Å²) >= 11 is 1.58. The number of nitrogens with zero attached hydrogens (tertiary/aromatic N) is 2. The Balaban J connectivity index is 0.00000147. The van der Waals surface area contributed by atoms with Crippen LogP contribution in [-0.4, -0.2) is 29.5 Å². The molecule has 1 fully saturated rings. The molecule has 6 heteroatoms. The fourth-order valence-electron chi connectivity index (χ4n) is 2.63. The van der Waals surface area contributed by atoms with E-state index in [1.165, 1.54) is 6.07 Å². The van der Waals surface area contributed by atoms with Crippen LogP contribution in [0.2, 0.25) is 0 Å². The molecule has 110 valence electrons. The molecule has 1 aromatic heterocycles. The second kappa shape index (κ2) is 5.93. The van der Waals surface area contributed by atoms with Crippen molar-refractivity contribution in [2.45, 2.75) is 19.9 Å². The van der Waals surface area contributed by atoms with Gasteiger partial charge in [-0.15, -0.1) is 23.7 Å². The molecule has 20 heavy (non-hydrogen) atoms. The van der Waals surface area contributed by atoms with Crippen LogP contribution in [0.1, 0.15) is 18.4 Å². The molecule has 0 saturated carbocycles. The molecule has 0 amide bonds. The fraction of sp³-hybridized carbons (Fsp3) is 0.500. The molecule has 0 aliphatic carbocycles. The number of halogens is 2. The van der Waals surface area contributed by atoms with Crippen LogP contribution >= 0.6 is 23.7 Å². The smallest absolute Gasteiger partial charge is 0.124 e. The number of nitrogens with two attached hydrogens (primary N) is 1. The number of likely N-dealkylation sites (tertiary alicyclic amines) is 1. The summed E-state index contributed by atoms with van der Waals surface area (Å²) in [5.74, 6) is -0.195. The molecule has 0 spiro atoms. The zero-order valence-corrected chi connectivity index (χ0v) is 13.1. The van der Waals surface area contributed by atoms with E-state index in [2.05, 4.69) is 16.8 Å². The highest BCUT2D eigenvalue weighted by Gasteiger charge is 2.32. The van der Waals surface area contributed by atoms with Crippen LogP contribution in [0.3, 0.4) is 0 Å². The highest BCUT2D eigenvalue weighted by molar-refractivity contribution is 7.18. The van der Waals surface area contributed by atoms with Crippen LogP contribution in [0.5, 0.6) is 0 Å². The highest BCUT2D eigenvalue weighted by atomic mass is 35.5. The van der Waals surface area contributed by atoms with Crippen molar-refractivity contribution < 1.29 is 4.39 Å². The molecule has 0 bridgehead atoms. The third-order valence-corrected chi connectivity index (χ3v) is 4.89. The van der Waals surface area contributed by atoms with Gasteiger partial charge >= 0.3 is 0 Å². The summed E-state index contributed by atoms with van der Waals surface area (Å²) in [5.41, 5.74) is 6.95. The van der Waals surface area contributed by atoms with E-state index < -0.39 is 0 Å². The average molecular weight is 316 g/mol. The third kappa shape index (κ3) is 3.11. The Morgan fingerprint density at radius 1 is 1.50 bits per heavy atom. The summed E-state index contributed by atoms with van der Waals surface area (Å²) in [6.07, 6.45) is 1.14. The highest BCUT2D eigenvalue weighted by Crippen LogP contribution is 2.31. The second-order valence-electron chi connectivity index (χ2n) is 5.70. The summed E-state index contributed by atoms with van der Waals surface area (Å²) in [6.45, 7) is 5.90. The summed E-state index contributed by atoms with van der Waals surface area (Å²) in [4.78, 5) is 6.96. The monoisotopic (exact) mass is 315 g/mol. The summed E-state index contributed by atoms with van der Waals surface area (Å²) in [5, 5.41) is 1.06. The molecular weight excluding hydrogens is 297 g/mol. The Morgan fingerprint density at radius 2 is 2.30 bits per heavy atom. The topological polar surface area (TPSA) is 42.1 Å². The van der Waals surface area contributed by atoms with Crippen molar-refractivity contribution in [1.82, 2.24) is 9.88 Å². The molecule has 3 nitrogen and oxygen atoms in total. The molecule has 1 aliphatic heterocycles. The SMILES string of the molecule is CC1(CN)CCN(Cc2nc3ccc(F)cc3s2)C1.Cl. The normalized spacial score (nSPS) is 23.1. The van der Waals surface area contributed by atoms with Gasteiger partial charge in [-0.05, 0) is 43.1 Å². The van der Waals surface area contributed by atoms with E-state index in [1.54, 1.807) is 23.5 Å². The quantitative estimate of drug-likeness (QED) is 0.946. The lowest BCUT2D eigenvalue weighted by atomic mass is 9.90. The number of thiazole rings is 1. The van der Waals surface area contributed by atoms with Gasteiger partial charge in [-0.3, -0.25) is 4.90 Å². The van der Waals surface area contributed by atoms with Gasteiger partial charge in [0.25, 0.3) is 0 Å². The molecular formula is C14H19ClFN3S. The number of hydrogen-bond donors (Lipinski definition) is 1. The lowest BCUT2D eigenvalue weighted by Crippen LogP contribution is -2.31. The van der Waals surface area contributed by atoms with Gasteiger partial charge < -0.3 is 5.73 Å². The van der Waals surface area contributed by atoms with E-state index >= 15 is 0 Å². The van der Waals surface area contributed by atoms with E-state index in [9.17, 15) is 4.39 Å². The minimum atomic E-state index is -0.195. The number of hydrogen-bond acceptors (Lipinski definition) is 4. The molecule has 1 atom stereocenters. The van der Waals surface area contributed by atoms with Gasteiger partial charge in [-0.25, -0.2) is 9.37 Å². The van der Waals surface area contributed by atoms with Crippen molar-refractivity contribution in [3.8, 4) is 0 Å². The van der Waals surface area contributed by atoms with Crippen molar-refractivity contribution in [1.29, 1.82) is 0 Å². The first-order chi connectivity index (χ1) is 9.08. The molecule has 1 saturated heterocycles. The molecule has 1 aromatic carbocycles.